The van der Waals surface area contributed by atoms with Crippen LogP contribution in [-0.4, -0.2) is 16.2 Å². The van der Waals surface area contributed by atoms with E-state index in [1.807, 2.05) is 6.20 Å². The van der Waals surface area contributed by atoms with Gasteiger partial charge in [-0.05, 0) is 128 Å². The number of aromatic nitrogens is 2. The van der Waals surface area contributed by atoms with Gasteiger partial charge in [-0.15, -0.1) is 0 Å². The Bertz CT molecular complexity index is 3630. The van der Waals surface area contributed by atoms with E-state index < -0.39 is 0 Å². The second-order valence-electron chi connectivity index (χ2n) is 22.7. The number of ether oxygens (including phenoxy) is 1. The first-order valence-electron chi connectivity index (χ1n) is 25.4. The Labute approximate surface area is 426 Å². The summed E-state index contributed by atoms with van der Waals surface area (Å²) in [5, 5.41) is 2.30. The fraction of sp³-hybridized carbons (Fsp3) is 0.209. The molecule has 5 nitrogen and oxygen atoms in total. The van der Waals surface area contributed by atoms with Crippen molar-refractivity contribution in [2.24, 2.45) is 0 Å². The van der Waals surface area contributed by atoms with Crippen LogP contribution in [0.4, 0.5) is 22.7 Å². The van der Waals surface area contributed by atoms with Crippen molar-refractivity contribution >= 4 is 44.6 Å². The predicted molar refractivity (Wildman–Crippen MR) is 304 cm³/mol. The maximum absolute atomic E-state index is 6.93. The summed E-state index contributed by atoms with van der Waals surface area (Å²) >= 11 is 0. The number of fused-ring (bicyclic) bond motifs is 4. The number of benzene rings is 8. The molecular weight excluding hydrogens is 877 g/mol. The van der Waals surface area contributed by atoms with Gasteiger partial charge in [0.15, 0.2) is 0 Å². The highest BCUT2D eigenvalue weighted by atomic mass is 16.5. The zero-order chi connectivity index (χ0) is 50.1. The molecule has 8 aromatic carbocycles. The van der Waals surface area contributed by atoms with Crippen molar-refractivity contribution in [3.05, 3.63) is 217 Å². The molecular formula is C67H64N4O. The second-order valence-corrected chi connectivity index (χ2v) is 22.7. The van der Waals surface area contributed by atoms with Crippen molar-refractivity contribution < 1.29 is 4.74 Å². The number of pyridine rings is 1. The van der Waals surface area contributed by atoms with E-state index in [1.165, 1.54) is 61.4 Å². The summed E-state index contributed by atoms with van der Waals surface area (Å²) in [7, 11) is 0. The molecule has 10 aromatic rings. The second kappa shape index (κ2) is 17.8. The summed E-state index contributed by atoms with van der Waals surface area (Å²) < 4.78 is 9.23. The van der Waals surface area contributed by atoms with Crippen LogP contribution in [0.15, 0.2) is 194 Å². The van der Waals surface area contributed by atoms with Gasteiger partial charge in [-0.1, -0.05) is 178 Å². The molecule has 1 aliphatic heterocycles. The Balaban J connectivity index is 0.996. The first-order valence-corrected chi connectivity index (χ1v) is 25.4. The molecule has 0 amide bonds. The standard InChI is InChI=1S/C67H64N4O/c1-44-34-63(68-42-59(44)48-24-17-25-49(35-48)65(2,3)4)71-60-33-30-47(45-20-13-11-14-21-45)36-58(60)57-32-31-55(41-62(57)71)72-54-27-18-26-52(40-54)69-43-70(53-38-50(66(5,6)7)37-51(39-53)67(8,9)10)64-56(28-19-29-61(64)69)46-22-15-12-16-23-46/h11-42H,43H2,1-10H3. The summed E-state index contributed by atoms with van der Waals surface area (Å²) in [4.78, 5) is 10.2. The Kier molecular flexibility index (Phi) is 11.5. The number of aryl methyl sites for hydroxylation is 1. The molecule has 3 heterocycles. The number of hydrogen-bond donors (Lipinski definition) is 0. The molecule has 0 radical (unpaired) electrons. The zero-order valence-electron chi connectivity index (χ0n) is 43.4. The average Bonchev–Trinajstić information content (AvgIpc) is 3.92. The van der Waals surface area contributed by atoms with Crippen LogP contribution in [0, 0.1) is 6.92 Å². The van der Waals surface area contributed by atoms with E-state index in [9.17, 15) is 0 Å². The molecule has 5 heteroatoms. The average molecular weight is 941 g/mol. The minimum absolute atomic E-state index is 0.0233. The number of nitrogens with zero attached hydrogens (tertiary/aromatic N) is 4. The van der Waals surface area contributed by atoms with E-state index in [-0.39, 0.29) is 16.2 Å². The topological polar surface area (TPSA) is 33.5 Å². The van der Waals surface area contributed by atoms with Crippen molar-refractivity contribution in [2.45, 2.75) is 85.5 Å². The van der Waals surface area contributed by atoms with Crippen LogP contribution in [0.25, 0.3) is 61.0 Å². The Morgan fingerprint density at radius 2 is 1.08 bits per heavy atom. The molecule has 2 aromatic heterocycles. The first kappa shape index (κ1) is 46.5. The number of para-hydroxylation sites is 1. The largest absolute Gasteiger partial charge is 0.457 e. The molecule has 0 aliphatic carbocycles. The highest BCUT2D eigenvalue weighted by Gasteiger charge is 2.33. The maximum atomic E-state index is 6.93. The molecule has 0 saturated heterocycles. The van der Waals surface area contributed by atoms with Gasteiger partial charge < -0.3 is 14.5 Å². The molecule has 11 rings (SSSR count). The summed E-state index contributed by atoms with van der Waals surface area (Å²) in [5.74, 6) is 2.38. The quantitative estimate of drug-likeness (QED) is 0.152. The van der Waals surface area contributed by atoms with Crippen molar-refractivity contribution in [2.75, 3.05) is 16.5 Å². The third-order valence-electron chi connectivity index (χ3n) is 14.5. The molecule has 0 fully saturated rings. The van der Waals surface area contributed by atoms with Gasteiger partial charge in [0.25, 0.3) is 0 Å². The van der Waals surface area contributed by atoms with E-state index in [2.05, 4.69) is 272 Å². The maximum Gasteiger partial charge on any atom is 0.137 e. The van der Waals surface area contributed by atoms with Gasteiger partial charge in [0.1, 0.15) is 24.0 Å². The molecule has 72 heavy (non-hydrogen) atoms. The van der Waals surface area contributed by atoms with Crippen LogP contribution in [0.5, 0.6) is 11.5 Å². The summed E-state index contributed by atoms with van der Waals surface area (Å²) in [5.41, 5.74) is 18.9. The van der Waals surface area contributed by atoms with E-state index in [0.717, 1.165) is 56.1 Å². The fourth-order valence-corrected chi connectivity index (χ4v) is 10.3. The first-order chi connectivity index (χ1) is 34.5. The Morgan fingerprint density at radius 1 is 0.431 bits per heavy atom. The zero-order valence-corrected chi connectivity index (χ0v) is 43.4. The van der Waals surface area contributed by atoms with Gasteiger partial charge >= 0.3 is 0 Å². The summed E-state index contributed by atoms with van der Waals surface area (Å²) in [6, 6.07) is 68.2. The van der Waals surface area contributed by atoms with E-state index in [4.69, 9.17) is 9.72 Å². The van der Waals surface area contributed by atoms with E-state index >= 15 is 0 Å². The van der Waals surface area contributed by atoms with Crippen molar-refractivity contribution in [3.63, 3.8) is 0 Å². The molecule has 0 spiro atoms. The third-order valence-corrected chi connectivity index (χ3v) is 14.5. The van der Waals surface area contributed by atoms with Crippen LogP contribution < -0.4 is 14.5 Å². The van der Waals surface area contributed by atoms with Gasteiger partial charge in [0.05, 0.1) is 22.4 Å². The van der Waals surface area contributed by atoms with E-state index in [0.29, 0.717) is 6.67 Å². The normalized spacial score (nSPS) is 13.0. The van der Waals surface area contributed by atoms with Crippen LogP contribution >= 0.6 is 0 Å². The Morgan fingerprint density at radius 3 is 1.78 bits per heavy atom. The summed E-state index contributed by atoms with van der Waals surface area (Å²) in [6.45, 7) is 23.5. The molecule has 0 unspecified atom stereocenters. The molecule has 0 atom stereocenters. The van der Waals surface area contributed by atoms with Crippen LogP contribution in [0.2, 0.25) is 0 Å². The van der Waals surface area contributed by atoms with Gasteiger partial charge in [-0.25, -0.2) is 4.98 Å². The SMILES string of the molecule is Cc1cc(-n2c3ccc(-c4ccccc4)cc3c3ccc(Oc4cccc(N5CN(c6cc(C(C)(C)C)cc(C(C)(C)C)c6)c6c(-c7ccccc7)cccc65)c4)cc32)ncc1-c1cccc(C(C)(C)C)c1. The molecule has 1 aliphatic rings. The van der Waals surface area contributed by atoms with Crippen LogP contribution in [0.1, 0.15) is 84.6 Å². The molecule has 0 bridgehead atoms. The molecule has 0 saturated carbocycles. The fourth-order valence-electron chi connectivity index (χ4n) is 10.3. The third kappa shape index (κ3) is 8.72. The smallest absolute Gasteiger partial charge is 0.137 e. The van der Waals surface area contributed by atoms with Crippen molar-refractivity contribution in [1.29, 1.82) is 0 Å². The van der Waals surface area contributed by atoms with Gasteiger partial charge in [-0.3, -0.25) is 4.57 Å². The lowest BCUT2D eigenvalue weighted by Gasteiger charge is -2.30. The lowest BCUT2D eigenvalue weighted by molar-refractivity contribution is 0.483. The summed E-state index contributed by atoms with van der Waals surface area (Å²) in [6.07, 6.45) is 2.04. The molecule has 0 N–H and O–H groups in total. The lowest BCUT2D eigenvalue weighted by Crippen LogP contribution is -2.25. The van der Waals surface area contributed by atoms with Crippen molar-refractivity contribution in [1.82, 2.24) is 9.55 Å². The highest BCUT2D eigenvalue weighted by molar-refractivity contribution is 6.11. The van der Waals surface area contributed by atoms with Gasteiger partial charge in [0.2, 0.25) is 0 Å². The monoisotopic (exact) mass is 941 g/mol. The number of rotatable bonds is 8. The van der Waals surface area contributed by atoms with E-state index in [1.54, 1.807) is 0 Å². The Hall–Kier alpha value is -7.89. The predicted octanol–water partition coefficient (Wildman–Crippen LogP) is 18.4. The lowest BCUT2D eigenvalue weighted by atomic mass is 9.80. The molecule has 358 valence electrons. The number of hydrogen-bond acceptors (Lipinski definition) is 4. The minimum Gasteiger partial charge on any atom is -0.457 e. The van der Waals surface area contributed by atoms with Gasteiger partial charge in [-0.2, -0.15) is 0 Å². The van der Waals surface area contributed by atoms with Crippen LogP contribution in [-0.2, 0) is 16.2 Å². The van der Waals surface area contributed by atoms with Crippen molar-refractivity contribution in [3.8, 4) is 50.7 Å². The van der Waals surface area contributed by atoms with Gasteiger partial charge in [0, 0.05) is 51.6 Å². The minimum atomic E-state index is -0.0233. The van der Waals surface area contributed by atoms with Crippen LogP contribution in [0.3, 0.4) is 0 Å². The highest BCUT2D eigenvalue weighted by Crippen LogP contribution is 2.51. The number of anilines is 4.